The second kappa shape index (κ2) is 7.70. The third kappa shape index (κ3) is 4.67. The van der Waals surface area contributed by atoms with Gasteiger partial charge in [0.25, 0.3) is 0 Å². The van der Waals surface area contributed by atoms with Crippen molar-refractivity contribution in [2.45, 2.75) is 57.0 Å². The number of rotatable bonds is 4. The molecule has 31 heavy (non-hydrogen) atoms. The average Bonchev–Trinajstić information content (AvgIpc) is 3.36. The summed E-state index contributed by atoms with van der Waals surface area (Å²) in [6, 6.07) is 1.38. The van der Waals surface area contributed by atoms with E-state index < -0.39 is 41.8 Å². The number of alkyl halides is 6. The number of nitrogens with zero attached hydrogens (tertiary/aromatic N) is 1. The molecule has 0 unspecified atom stereocenters. The summed E-state index contributed by atoms with van der Waals surface area (Å²) in [5.74, 6) is -0.305. The molecule has 3 aliphatic rings. The van der Waals surface area contributed by atoms with E-state index in [0.29, 0.717) is 24.0 Å². The number of carbonyl (C=O) groups excluding carboxylic acids is 2. The third-order valence-corrected chi connectivity index (χ3v) is 6.67. The first-order chi connectivity index (χ1) is 14.4. The van der Waals surface area contributed by atoms with Gasteiger partial charge in [0, 0.05) is 25.6 Å². The minimum atomic E-state index is -4.95. The molecule has 1 N–H and O–H groups in total. The summed E-state index contributed by atoms with van der Waals surface area (Å²) < 4.78 is 78.3. The Bertz CT molecular complexity index is 849. The van der Waals surface area contributed by atoms with E-state index in [0.717, 1.165) is 24.2 Å². The lowest BCUT2D eigenvalue weighted by atomic mass is 9.94. The fourth-order valence-corrected chi connectivity index (χ4v) is 5.15. The van der Waals surface area contributed by atoms with E-state index in [9.17, 15) is 35.9 Å². The number of nitrogens with one attached hydrogen (secondary N) is 1. The summed E-state index contributed by atoms with van der Waals surface area (Å²) >= 11 is 0. The van der Waals surface area contributed by atoms with Gasteiger partial charge < -0.3 is 10.2 Å². The van der Waals surface area contributed by atoms with Gasteiger partial charge in [-0.25, -0.2) is 0 Å². The van der Waals surface area contributed by atoms with Gasteiger partial charge in [0.1, 0.15) is 0 Å². The predicted molar refractivity (Wildman–Crippen MR) is 97.3 cm³/mol. The Hall–Kier alpha value is -2.26. The van der Waals surface area contributed by atoms with Crippen LogP contribution in [0.5, 0.6) is 0 Å². The van der Waals surface area contributed by atoms with Crippen molar-refractivity contribution in [3.63, 3.8) is 0 Å². The topological polar surface area (TPSA) is 49.4 Å². The van der Waals surface area contributed by atoms with Crippen LogP contribution in [0.25, 0.3) is 0 Å². The molecule has 0 aromatic heterocycles. The largest absolute Gasteiger partial charge is 0.416 e. The highest BCUT2D eigenvalue weighted by atomic mass is 19.4. The molecule has 1 aromatic carbocycles. The van der Waals surface area contributed by atoms with E-state index in [4.69, 9.17) is 0 Å². The molecule has 170 valence electrons. The van der Waals surface area contributed by atoms with Crippen molar-refractivity contribution >= 4 is 11.8 Å². The van der Waals surface area contributed by atoms with Crippen LogP contribution in [0.1, 0.15) is 48.8 Å². The van der Waals surface area contributed by atoms with Crippen molar-refractivity contribution in [1.82, 2.24) is 10.2 Å². The maximum Gasteiger partial charge on any atom is 0.416 e. The highest BCUT2D eigenvalue weighted by Crippen LogP contribution is 2.44. The minimum Gasteiger partial charge on any atom is -0.353 e. The number of benzene rings is 1. The monoisotopic (exact) mass is 448 g/mol. The van der Waals surface area contributed by atoms with Crippen LogP contribution in [-0.2, 0) is 28.5 Å². The van der Waals surface area contributed by atoms with Crippen LogP contribution in [-0.4, -0.2) is 29.3 Å². The van der Waals surface area contributed by atoms with Crippen LogP contribution < -0.4 is 5.32 Å². The van der Waals surface area contributed by atoms with Gasteiger partial charge in [-0.3, -0.25) is 9.59 Å². The zero-order chi connectivity index (χ0) is 22.6. The van der Waals surface area contributed by atoms with E-state index >= 15 is 0 Å². The van der Waals surface area contributed by atoms with E-state index in [2.05, 4.69) is 5.32 Å². The Kier molecular flexibility index (Phi) is 5.46. The summed E-state index contributed by atoms with van der Waals surface area (Å²) in [4.78, 5) is 26.1. The molecule has 4 atom stereocenters. The molecule has 3 fully saturated rings. The molecule has 2 saturated carbocycles. The first-order valence-electron chi connectivity index (χ1n) is 10.3. The van der Waals surface area contributed by atoms with Crippen LogP contribution in [0.15, 0.2) is 18.2 Å². The molecule has 2 aliphatic carbocycles. The number of fused-ring (bicyclic) bond motifs is 2. The van der Waals surface area contributed by atoms with Crippen molar-refractivity contribution in [1.29, 1.82) is 0 Å². The van der Waals surface area contributed by atoms with Gasteiger partial charge in [0.2, 0.25) is 11.8 Å². The summed E-state index contributed by atoms with van der Waals surface area (Å²) in [5, 5.41) is 3.00. The highest BCUT2D eigenvalue weighted by molar-refractivity contribution is 5.89. The molecule has 2 bridgehead atoms. The molecule has 1 aliphatic heterocycles. The molecule has 4 rings (SSSR count). The van der Waals surface area contributed by atoms with Gasteiger partial charge in [-0.1, -0.05) is 6.42 Å². The number of carbonyl (C=O) groups is 2. The van der Waals surface area contributed by atoms with Crippen molar-refractivity contribution in [2.24, 2.45) is 17.8 Å². The standard InChI is InChI=1S/C21H22F6N2O2/c22-20(23,24)15-4-12(5-16(8-15)21(25,26)27)9-29-10-14(7-18(29)30)19(31)28-17-6-11-1-2-13(17)3-11/h4-5,8,11,13-14,17H,1-3,6-7,9-10H2,(H,28,31)/t11-,13-,14+,17+/m0/s1. The minimum absolute atomic E-state index is 0.0247. The molecule has 1 heterocycles. The van der Waals surface area contributed by atoms with Crippen LogP contribution in [0.4, 0.5) is 26.3 Å². The normalized spacial score (nSPS) is 28.5. The summed E-state index contributed by atoms with van der Waals surface area (Å²) in [5.41, 5.74) is -3.12. The van der Waals surface area contributed by atoms with E-state index in [1.165, 1.54) is 6.42 Å². The quantitative estimate of drug-likeness (QED) is 0.696. The molecule has 2 amide bonds. The number of halogens is 6. The summed E-state index contributed by atoms with van der Waals surface area (Å²) in [6.07, 6.45) is -5.74. The number of amides is 2. The second-order valence-electron chi connectivity index (χ2n) is 8.88. The van der Waals surface area contributed by atoms with Gasteiger partial charge >= 0.3 is 12.4 Å². The average molecular weight is 448 g/mol. The zero-order valence-corrected chi connectivity index (χ0v) is 16.5. The van der Waals surface area contributed by atoms with E-state index in [1.54, 1.807) is 0 Å². The van der Waals surface area contributed by atoms with E-state index in [-0.39, 0.29) is 36.5 Å². The van der Waals surface area contributed by atoms with Crippen molar-refractivity contribution in [3.8, 4) is 0 Å². The Labute approximate surface area is 175 Å². The van der Waals surface area contributed by atoms with Crippen LogP contribution in [0.3, 0.4) is 0 Å². The Balaban J connectivity index is 1.44. The maximum absolute atomic E-state index is 13.1. The zero-order valence-electron chi connectivity index (χ0n) is 16.5. The number of likely N-dealkylation sites (tertiary alicyclic amines) is 1. The fraction of sp³-hybridized carbons (Fsp3) is 0.619. The van der Waals surface area contributed by atoms with Crippen LogP contribution in [0, 0.1) is 17.8 Å². The predicted octanol–water partition coefficient (Wildman–Crippen LogP) is 4.38. The lowest BCUT2D eigenvalue weighted by molar-refractivity contribution is -0.143. The first kappa shape index (κ1) is 22.0. The third-order valence-electron chi connectivity index (χ3n) is 6.67. The smallest absolute Gasteiger partial charge is 0.353 e. The Morgan fingerprint density at radius 1 is 1.00 bits per heavy atom. The molecule has 0 spiro atoms. The highest BCUT2D eigenvalue weighted by Gasteiger charge is 2.42. The molecular formula is C21H22F6N2O2. The molecule has 10 heteroatoms. The summed E-state index contributed by atoms with van der Waals surface area (Å²) in [6.45, 7) is -0.438. The van der Waals surface area contributed by atoms with Gasteiger partial charge in [0.15, 0.2) is 0 Å². The van der Waals surface area contributed by atoms with Crippen molar-refractivity contribution in [2.75, 3.05) is 6.54 Å². The van der Waals surface area contributed by atoms with Gasteiger partial charge in [-0.2, -0.15) is 26.3 Å². The Morgan fingerprint density at radius 2 is 1.65 bits per heavy atom. The van der Waals surface area contributed by atoms with Crippen molar-refractivity contribution in [3.05, 3.63) is 34.9 Å². The Morgan fingerprint density at radius 3 is 2.16 bits per heavy atom. The lowest BCUT2D eigenvalue weighted by Crippen LogP contribution is -2.42. The number of hydrogen-bond donors (Lipinski definition) is 1. The van der Waals surface area contributed by atoms with E-state index in [1.807, 2.05) is 0 Å². The molecule has 1 saturated heterocycles. The molecule has 4 nitrogen and oxygen atoms in total. The van der Waals surface area contributed by atoms with Crippen LogP contribution >= 0.6 is 0 Å². The van der Waals surface area contributed by atoms with Crippen LogP contribution in [0.2, 0.25) is 0 Å². The molecule has 0 radical (unpaired) electrons. The lowest BCUT2D eigenvalue weighted by Gasteiger charge is -2.24. The SMILES string of the molecule is O=C(N[C@@H]1C[C@H]2CC[C@H]1C2)[C@@H]1CC(=O)N(Cc2cc(C(F)(F)F)cc(C(F)(F)F)c2)C1. The maximum atomic E-state index is 13.1. The molecular weight excluding hydrogens is 426 g/mol. The van der Waals surface area contributed by atoms with Gasteiger partial charge in [-0.05, 0) is 54.9 Å². The fourth-order valence-electron chi connectivity index (χ4n) is 5.15. The second-order valence-corrected chi connectivity index (χ2v) is 8.88. The van der Waals surface area contributed by atoms with Gasteiger partial charge in [-0.15, -0.1) is 0 Å². The summed E-state index contributed by atoms with van der Waals surface area (Å²) in [7, 11) is 0. The molecule has 1 aromatic rings. The first-order valence-corrected chi connectivity index (χ1v) is 10.3. The van der Waals surface area contributed by atoms with Gasteiger partial charge in [0.05, 0.1) is 17.0 Å². The number of hydrogen-bond acceptors (Lipinski definition) is 2. The van der Waals surface area contributed by atoms with Crippen molar-refractivity contribution < 1.29 is 35.9 Å².